The van der Waals surface area contributed by atoms with Crippen molar-refractivity contribution in [3.8, 4) is 0 Å². The zero-order valence-electron chi connectivity index (χ0n) is 10.6. The molecule has 0 heterocycles. The molecule has 21 heavy (non-hydrogen) atoms. The molecule has 0 atom stereocenters. The monoisotopic (exact) mass is 364 g/mol. The third kappa shape index (κ3) is 4.02. The van der Waals surface area contributed by atoms with Crippen LogP contribution in [-0.2, 0) is 16.6 Å². The molecule has 0 radical (unpaired) electrons. The van der Waals surface area contributed by atoms with E-state index in [9.17, 15) is 8.42 Å². The summed E-state index contributed by atoms with van der Waals surface area (Å²) in [5.74, 6) is 0. The fraction of sp³-hybridized carbons (Fsp3) is 0.0769. The van der Waals surface area contributed by atoms with E-state index < -0.39 is 10.0 Å². The molecule has 0 bridgehead atoms. The molecule has 0 aliphatic carbocycles. The topological polar surface area (TPSA) is 72.2 Å². The summed E-state index contributed by atoms with van der Waals surface area (Å²) in [4.78, 5) is 0.0587. The summed E-state index contributed by atoms with van der Waals surface area (Å²) in [6, 6.07) is 8.75. The van der Waals surface area contributed by atoms with E-state index in [4.69, 9.17) is 40.5 Å². The lowest BCUT2D eigenvalue weighted by Crippen LogP contribution is -2.13. The highest BCUT2D eigenvalue weighted by atomic mass is 35.5. The molecule has 0 aliphatic heterocycles. The Balaban J connectivity index is 2.38. The Kier molecular flexibility index (Phi) is 5.01. The molecular weight excluding hydrogens is 355 g/mol. The van der Waals surface area contributed by atoms with Gasteiger partial charge in [0.25, 0.3) is 10.0 Å². The van der Waals surface area contributed by atoms with E-state index in [1.54, 1.807) is 0 Å². The van der Waals surface area contributed by atoms with E-state index in [0.29, 0.717) is 20.6 Å². The number of sulfonamides is 1. The van der Waals surface area contributed by atoms with Crippen LogP contribution in [0.5, 0.6) is 0 Å². The molecule has 0 saturated carbocycles. The summed E-state index contributed by atoms with van der Waals surface area (Å²) >= 11 is 17.6. The summed E-state index contributed by atoms with van der Waals surface area (Å²) in [5, 5.41) is 1.08. The van der Waals surface area contributed by atoms with Crippen LogP contribution in [0.3, 0.4) is 0 Å². The van der Waals surface area contributed by atoms with Gasteiger partial charge in [0.15, 0.2) is 0 Å². The number of anilines is 1. The zero-order valence-corrected chi connectivity index (χ0v) is 13.7. The molecular formula is C13H11Cl3N2O2S. The summed E-state index contributed by atoms with van der Waals surface area (Å²) in [7, 11) is -3.78. The molecule has 0 aromatic heterocycles. The van der Waals surface area contributed by atoms with Gasteiger partial charge in [-0.1, -0.05) is 34.8 Å². The number of benzene rings is 2. The Morgan fingerprint density at radius 3 is 2.19 bits per heavy atom. The van der Waals surface area contributed by atoms with Crippen molar-refractivity contribution >= 4 is 50.5 Å². The average molecular weight is 366 g/mol. The van der Waals surface area contributed by atoms with Crippen LogP contribution in [0.2, 0.25) is 15.1 Å². The fourth-order valence-electron chi connectivity index (χ4n) is 1.70. The predicted octanol–water partition coefficient (Wildman–Crippen LogP) is 3.91. The van der Waals surface area contributed by atoms with Gasteiger partial charge in [-0.2, -0.15) is 0 Å². The van der Waals surface area contributed by atoms with E-state index in [2.05, 4.69) is 4.72 Å². The molecule has 0 fully saturated rings. The Morgan fingerprint density at radius 1 is 1.00 bits per heavy atom. The Bertz CT molecular complexity index is 759. The van der Waals surface area contributed by atoms with Gasteiger partial charge in [0.1, 0.15) is 0 Å². The lowest BCUT2D eigenvalue weighted by atomic mass is 10.2. The molecule has 2 rings (SSSR count). The normalized spacial score (nSPS) is 11.4. The van der Waals surface area contributed by atoms with Crippen LogP contribution in [0, 0.1) is 0 Å². The van der Waals surface area contributed by atoms with Gasteiger partial charge in [0.05, 0.1) is 10.6 Å². The average Bonchev–Trinajstić information content (AvgIpc) is 2.37. The summed E-state index contributed by atoms with van der Waals surface area (Å²) in [6.45, 7) is 0.144. The van der Waals surface area contributed by atoms with Gasteiger partial charge in [-0.25, -0.2) is 8.42 Å². The van der Waals surface area contributed by atoms with Crippen LogP contribution < -0.4 is 10.5 Å². The van der Waals surface area contributed by atoms with Crippen molar-refractivity contribution in [3.63, 3.8) is 0 Å². The van der Waals surface area contributed by atoms with Crippen LogP contribution in [0.1, 0.15) is 5.56 Å². The molecule has 4 nitrogen and oxygen atoms in total. The van der Waals surface area contributed by atoms with Gasteiger partial charge in [0.2, 0.25) is 0 Å². The second-order valence-electron chi connectivity index (χ2n) is 4.22. The molecule has 2 aromatic rings. The Hall–Kier alpha value is -0.980. The van der Waals surface area contributed by atoms with Crippen molar-refractivity contribution in [1.29, 1.82) is 0 Å². The molecule has 0 amide bonds. The number of rotatable bonds is 4. The van der Waals surface area contributed by atoms with Crippen LogP contribution in [-0.4, -0.2) is 8.42 Å². The summed E-state index contributed by atoms with van der Waals surface area (Å²) in [6.07, 6.45) is 0. The van der Waals surface area contributed by atoms with Crippen molar-refractivity contribution < 1.29 is 8.42 Å². The maximum Gasteiger partial charge on any atom is 0.261 e. The molecule has 0 unspecified atom stereocenters. The molecule has 8 heteroatoms. The maximum absolute atomic E-state index is 12.3. The third-order valence-corrected chi connectivity index (χ3v) is 4.85. The van der Waals surface area contributed by atoms with Crippen molar-refractivity contribution in [1.82, 2.24) is 0 Å². The van der Waals surface area contributed by atoms with Gasteiger partial charge >= 0.3 is 0 Å². The first-order valence-corrected chi connectivity index (χ1v) is 8.41. The van der Waals surface area contributed by atoms with Crippen molar-refractivity contribution in [2.75, 3.05) is 4.72 Å². The molecule has 0 aliphatic rings. The molecule has 2 aromatic carbocycles. The number of hydrogen-bond donors (Lipinski definition) is 2. The number of halogens is 3. The van der Waals surface area contributed by atoms with E-state index >= 15 is 0 Å². The Labute approximate surface area is 137 Å². The Morgan fingerprint density at radius 2 is 1.62 bits per heavy atom. The first-order valence-electron chi connectivity index (χ1n) is 5.79. The second-order valence-corrected chi connectivity index (χ2v) is 7.18. The zero-order chi connectivity index (χ0) is 15.6. The van der Waals surface area contributed by atoms with E-state index in [0.717, 1.165) is 0 Å². The lowest BCUT2D eigenvalue weighted by molar-refractivity contribution is 0.601. The second kappa shape index (κ2) is 6.42. The van der Waals surface area contributed by atoms with Gasteiger partial charge in [-0.3, -0.25) is 4.72 Å². The quantitative estimate of drug-likeness (QED) is 0.863. The molecule has 112 valence electrons. The van der Waals surface area contributed by atoms with Crippen LogP contribution >= 0.6 is 34.8 Å². The van der Waals surface area contributed by atoms with E-state index in [-0.39, 0.29) is 17.1 Å². The number of nitrogens with two attached hydrogens (primary N) is 1. The minimum absolute atomic E-state index is 0.0587. The summed E-state index contributed by atoms with van der Waals surface area (Å²) < 4.78 is 27.1. The minimum atomic E-state index is -3.78. The minimum Gasteiger partial charge on any atom is -0.326 e. The highest BCUT2D eigenvalue weighted by molar-refractivity contribution is 7.92. The van der Waals surface area contributed by atoms with Crippen LogP contribution in [0.25, 0.3) is 0 Å². The molecule has 0 saturated heterocycles. The van der Waals surface area contributed by atoms with Gasteiger partial charge in [0, 0.05) is 21.6 Å². The van der Waals surface area contributed by atoms with E-state index in [1.165, 1.54) is 36.4 Å². The van der Waals surface area contributed by atoms with Crippen molar-refractivity contribution in [2.24, 2.45) is 5.73 Å². The standard InChI is InChI=1S/C13H11Cl3N2O2S/c14-9-4-10(15)6-11(5-9)18-21(19,20)12-1-2-13(16)8(3-12)7-17/h1-6,18H,7,17H2. The van der Waals surface area contributed by atoms with Gasteiger partial charge < -0.3 is 5.73 Å². The molecule has 3 N–H and O–H groups in total. The van der Waals surface area contributed by atoms with Crippen molar-refractivity contribution in [3.05, 3.63) is 57.0 Å². The smallest absolute Gasteiger partial charge is 0.261 e. The van der Waals surface area contributed by atoms with E-state index in [1.807, 2.05) is 0 Å². The number of hydrogen-bond acceptors (Lipinski definition) is 3. The largest absolute Gasteiger partial charge is 0.326 e. The lowest BCUT2D eigenvalue weighted by Gasteiger charge is -2.10. The van der Waals surface area contributed by atoms with Gasteiger partial charge in [-0.05, 0) is 42.0 Å². The molecule has 0 spiro atoms. The van der Waals surface area contributed by atoms with Crippen LogP contribution in [0.4, 0.5) is 5.69 Å². The maximum atomic E-state index is 12.3. The number of nitrogens with one attached hydrogen (secondary N) is 1. The third-order valence-electron chi connectivity index (χ3n) is 2.66. The first kappa shape index (κ1) is 16.4. The fourth-order valence-corrected chi connectivity index (χ4v) is 3.51. The highest BCUT2D eigenvalue weighted by Gasteiger charge is 2.16. The summed E-state index contributed by atoms with van der Waals surface area (Å²) in [5.41, 5.74) is 6.34. The van der Waals surface area contributed by atoms with Crippen molar-refractivity contribution in [2.45, 2.75) is 11.4 Å². The van der Waals surface area contributed by atoms with Crippen LogP contribution in [0.15, 0.2) is 41.3 Å². The highest BCUT2D eigenvalue weighted by Crippen LogP contribution is 2.26. The SMILES string of the molecule is NCc1cc(S(=O)(=O)Nc2cc(Cl)cc(Cl)c2)ccc1Cl. The van der Waals surface area contributed by atoms with Gasteiger partial charge in [-0.15, -0.1) is 0 Å². The predicted molar refractivity (Wildman–Crippen MR) is 86.6 cm³/mol. The first-order chi connectivity index (χ1) is 9.81.